The summed E-state index contributed by atoms with van der Waals surface area (Å²) in [5.74, 6) is 0. The van der Waals surface area contributed by atoms with Gasteiger partial charge in [-0.05, 0) is 115 Å². The Morgan fingerprint density at radius 1 is 0.311 bits per heavy atom. The largest absolute Gasteiger partial charge is 0.310 e. The van der Waals surface area contributed by atoms with Gasteiger partial charge in [-0.2, -0.15) is 0 Å². The van der Waals surface area contributed by atoms with Gasteiger partial charge < -0.3 is 4.90 Å². The smallest absolute Gasteiger partial charge is 0.0543 e. The second kappa shape index (κ2) is 15.1. The standard InChI is InChI=1S/C60H43N/c1-60(50-18-6-3-7-19-50)56-23-11-10-21-55(56)59-57(60)24-13-25-58(59)61(51-38-34-46(35-39-51)44-28-26-43(27-29-44)42-14-4-2-5-15-42)52-40-36-47(37-41-52)45-30-32-49(33-31-45)54-22-12-17-48-16-8-9-20-53(48)54/h2-41H,1H3. The second-order valence-electron chi connectivity index (χ2n) is 16.2. The molecule has 0 saturated heterocycles. The molecule has 0 N–H and O–H groups in total. The normalized spacial score (nSPS) is 14.0. The van der Waals surface area contributed by atoms with Gasteiger partial charge >= 0.3 is 0 Å². The SMILES string of the molecule is CC1(c2ccccc2)c2ccccc2-c2c(N(c3ccc(-c4ccc(-c5ccccc5)cc4)cc3)c3ccc(-c4ccc(-c5cccc6ccccc56)cc4)cc3)cccc21. The maximum Gasteiger partial charge on any atom is 0.0543 e. The summed E-state index contributed by atoms with van der Waals surface area (Å²) in [4.78, 5) is 2.45. The average molecular weight is 778 g/mol. The topological polar surface area (TPSA) is 3.24 Å². The van der Waals surface area contributed by atoms with Crippen molar-refractivity contribution in [2.24, 2.45) is 0 Å². The van der Waals surface area contributed by atoms with E-state index in [0.717, 1.165) is 17.1 Å². The van der Waals surface area contributed by atoms with Gasteiger partial charge in [0.1, 0.15) is 0 Å². The van der Waals surface area contributed by atoms with E-state index in [0.29, 0.717) is 0 Å². The van der Waals surface area contributed by atoms with Gasteiger partial charge in [0.05, 0.1) is 5.69 Å². The van der Waals surface area contributed by atoms with Crippen LogP contribution in [-0.2, 0) is 5.41 Å². The Labute approximate surface area is 358 Å². The molecule has 10 aromatic rings. The summed E-state index contributed by atoms with van der Waals surface area (Å²) in [6.45, 7) is 2.39. The minimum atomic E-state index is -0.299. The third kappa shape index (κ3) is 6.34. The highest BCUT2D eigenvalue weighted by molar-refractivity contribution is 5.98. The van der Waals surface area contributed by atoms with E-state index in [2.05, 4.69) is 254 Å². The maximum absolute atomic E-state index is 2.45. The van der Waals surface area contributed by atoms with Crippen LogP contribution in [0.25, 0.3) is 66.4 Å². The fourth-order valence-electron chi connectivity index (χ4n) is 9.63. The van der Waals surface area contributed by atoms with Gasteiger partial charge in [-0.15, -0.1) is 0 Å². The molecule has 1 aliphatic carbocycles. The molecular weight excluding hydrogens is 735 g/mol. The fourth-order valence-corrected chi connectivity index (χ4v) is 9.63. The van der Waals surface area contributed by atoms with Crippen LogP contribution in [0.3, 0.4) is 0 Å². The molecule has 1 atom stereocenters. The van der Waals surface area contributed by atoms with Gasteiger partial charge in [-0.3, -0.25) is 0 Å². The molecule has 0 amide bonds. The Balaban J connectivity index is 0.999. The van der Waals surface area contributed by atoms with Crippen LogP contribution < -0.4 is 4.90 Å². The number of rotatable bonds is 8. The number of nitrogens with zero attached hydrogens (tertiary/aromatic N) is 1. The van der Waals surface area contributed by atoms with E-state index in [-0.39, 0.29) is 5.41 Å². The lowest BCUT2D eigenvalue weighted by atomic mass is 9.74. The van der Waals surface area contributed by atoms with E-state index in [9.17, 15) is 0 Å². The van der Waals surface area contributed by atoms with Crippen LogP contribution in [0.1, 0.15) is 23.6 Å². The molecule has 0 bridgehead atoms. The van der Waals surface area contributed by atoms with Crippen LogP contribution in [-0.4, -0.2) is 0 Å². The molecule has 0 aliphatic heterocycles. The van der Waals surface area contributed by atoms with Gasteiger partial charge in [0.25, 0.3) is 0 Å². The van der Waals surface area contributed by atoms with Crippen molar-refractivity contribution in [1.29, 1.82) is 0 Å². The van der Waals surface area contributed by atoms with Gasteiger partial charge in [0.15, 0.2) is 0 Å². The summed E-state index contributed by atoms with van der Waals surface area (Å²) in [5, 5.41) is 2.53. The van der Waals surface area contributed by atoms with Crippen molar-refractivity contribution < 1.29 is 0 Å². The van der Waals surface area contributed by atoms with Gasteiger partial charge in [0.2, 0.25) is 0 Å². The lowest BCUT2D eigenvalue weighted by Crippen LogP contribution is -2.22. The Kier molecular flexibility index (Phi) is 9.02. The molecule has 0 spiro atoms. The number of anilines is 3. The molecule has 61 heavy (non-hydrogen) atoms. The van der Waals surface area contributed by atoms with Crippen molar-refractivity contribution in [3.63, 3.8) is 0 Å². The summed E-state index contributed by atoms with van der Waals surface area (Å²) >= 11 is 0. The predicted octanol–water partition coefficient (Wildman–Crippen LogP) is 16.3. The predicted molar refractivity (Wildman–Crippen MR) is 258 cm³/mol. The van der Waals surface area contributed by atoms with Crippen LogP contribution in [0, 0.1) is 0 Å². The van der Waals surface area contributed by atoms with Crippen LogP contribution in [0.4, 0.5) is 17.1 Å². The molecular formula is C60H43N. The zero-order chi connectivity index (χ0) is 40.8. The van der Waals surface area contributed by atoms with Crippen molar-refractivity contribution >= 4 is 27.8 Å². The zero-order valence-corrected chi connectivity index (χ0v) is 34.0. The Morgan fingerprint density at radius 3 is 1.36 bits per heavy atom. The van der Waals surface area contributed by atoms with Crippen molar-refractivity contribution in [2.75, 3.05) is 4.90 Å². The van der Waals surface area contributed by atoms with Crippen LogP contribution in [0.5, 0.6) is 0 Å². The van der Waals surface area contributed by atoms with Crippen LogP contribution in [0.2, 0.25) is 0 Å². The summed E-state index contributed by atoms with van der Waals surface area (Å²) in [6, 6.07) is 88.6. The van der Waals surface area contributed by atoms with Crippen LogP contribution >= 0.6 is 0 Å². The number of benzene rings is 10. The Morgan fingerprint density at radius 2 is 0.738 bits per heavy atom. The molecule has 288 valence electrons. The summed E-state index contributed by atoms with van der Waals surface area (Å²) in [6.07, 6.45) is 0. The van der Waals surface area contributed by atoms with Crippen molar-refractivity contribution in [3.8, 4) is 55.6 Å². The van der Waals surface area contributed by atoms with Crippen LogP contribution in [0.15, 0.2) is 243 Å². The van der Waals surface area contributed by atoms with Gasteiger partial charge in [0, 0.05) is 22.4 Å². The fraction of sp³-hybridized carbons (Fsp3) is 0.0333. The molecule has 1 nitrogen and oxygen atoms in total. The minimum absolute atomic E-state index is 0.299. The van der Waals surface area contributed by atoms with E-state index in [1.54, 1.807) is 0 Å². The highest BCUT2D eigenvalue weighted by Crippen LogP contribution is 2.56. The molecule has 1 unspecified atom stereocenters. The quantitative estimate of drug-likeness (QED) is 0.149. The van der Waals surface area contributed by atoms with E-state index < -0.39 is 0 Å². The molecule has 0 radical (unpaired) electrons. The minimum Gasteiger partial charge on any atom is -0.310 e. The molecule has 0 saturated carbocycles. The third-order valence-corrected chi connectivity index (χ3v) is 12.8. The first-order valence-corrected chi connectivity index (χ1v) is 21.2. The lowest BCUT2D eigenvalue weighted by Gasteiger charge is -2.30. The highest BCUT2D eigenvalue weighted by atomic mass is 15.1. The zero-order valence-electron chi connectivity index (χ0n) is 34.0. The number of fused-ring (bicyclic) bond motifs is 4. The van der Waals surface area contributed by atoms with Gasteiger partial charge in [-0.1, -0.05) is 212 Å². The lowest BCUT2D eigenvalue weighted by molar-refractivity contribution is 0.714. The molecule has 10 aromatic carbocycles. The monoisotopic (exact) mass is 777 g/mol. The number of hydrogen-bond acceptors (Lipinski definition) is 1. The molecule has 0 aromatic heterocycles. The molecule has 0 heterocycles. The summed E-state index contributed by atoms with van der Waals surface area (Å²) in [7, 11) is 0. The highest BCUT2D eigenvalue weighted by Gasteiger charge is 2.42. The van der Waals surface area contributed by atoms with Crippen molar-refractivity contribution in [3.05, 3.63) is 259 Å². The molecule has 1 heteroatoms. The summed E-state index contributed by atoms with van der Waals surface area (Å²) in [5.41, 5.74) is 19.3. The first-order chi connectivity index (χ1) is 30.1. The Hall–Kier alpha value is -7.74. The van der Waals surface area contributed by atoms with E-state index in [1.165, 1.54) is 83.1 Å². The number of hydrogen-bond donors (Lipinski definition) is 0. The van der Waals surface area contributed by atoms with E-state index in [4.69, 9.17) is 0 Å². The molecule has 1 aliphatic rings. The van der Waals surface area contributed by atoms with E-state index >= 15 is 0 Å². The summed E-state index contributed by atoms with van der Waals surface area (Å²) < 4.78 is 0. The molecule has 0 fully saturated rings. The second-order valence-corrected chi connectivity index (χ2v) is 16.2. The maximum atomic E-state index is 2.45. The molecule has 11 rings (SSSR count). The first-order valence-electron chi connectivity index (χ1n) is 21.2. The van der Waals surface area contributed by atoms with Crippen molar-refractivity contribution in [2.45, 2.75) is 12.3 Å². The van der Waals surface area contributed by atoms with E-state index in [1.807, 2.05) is 0 Å². The Bertz CT molecular complexity index is 3140. The third-order valence-electron chi connectivity index (χ3n) is 12.8. The van der Waals surface area contributed by atoms with Crippen molar-refractivity contribution in [1.82, 2.24) is 0 Å². The average Bonchev–Trinajstić information content (AvgIpc) is 3.61. The van der Waals surface area contributed by atoms with Gasteiger partial charge in [-0.25, -0.2) is 0 Å². The first kappa shape index (κ1) is 36.3.